The van der Waals surface area contributed by atoms with Crippen LogP contribution in [0.1, 0.15) is 40.4 Å². The number of hydrogen-bond acceptors (Lipinski definition) is 4. The lowest BCUT2D eigenvalue weighted by Crippen LogP contribution is -2.29. The first-order valence-electron chi connectivity index (χ1n) is 6.35. The minimum Gasteiger partial charge on any atom is -0.296 e. The van der Waals surface area contributed by atoms with E-state index in [9.17, 15) is 4.79 Å². The Hall–Kier alpha value is -0.910. The van der Waals surface area contributed by atoms with Gasteiger partial charge in [0.25, 0.3) is 5.91 Å². The van der Waals surface area contributed by atoms with Crippen molar-refractivity contribution in [2.24, 2.45) is 11.8 Å². The maximum atomic E-state index is 11.5. The van der Waals surface area contributed by atoms with Gasteiger partial charge in [-0.3, -0.25) is 15.1 Å². The average molecular weight is 267 g/mol. The van der Waals surface area contributed by atoms with Gasteiger partial charge in [0.2, 0.25) is 0 Å². The first-order chi connectivity index (χ1) is 8.51. The number of hydrazine groups is 1. The van der Waals surface area contributed by atoms with Gasteiger partial charge >= 0.3 is 0 Å². The Balaban J connectivity index is 2.10. The molecule has 18 heavy (non-hydrogen) atoms. The van der Waals surface area contributed by atoms with Crippen LogP contribution in [-0.2, 0) is 6.54 Å². The Labute approximate surface area is 112 Å². The van der Waals surface area contributed by atoms with Crippen molar-refractivity contribution in [1.29, 1.82) is 0 Å². The Morgan fingerprint density at radius 3 is 2.89 bits per heavy atom. The van der Waals surface area contributed by atoms with Gasteiger partial charge in [0, 0.05) is 24.0 Å². The molecule has 2 heterocycles. The van der Waals surface area contributed by atoms with Crippen molar-refractivity contribution in [3.05, 3.63) is 21.4 Å². The van der Waals surface area contributed by atoms with E-state index >= 15 is 0 Å². The van der Waals surface area contributed by atoms with E-state index in [-0.39, 0.29) is 5.91 Å². The highest BCUT2D eigenvalue weighted by atomic mass is 32.1. The molecule has 0 aromatic carbocycles. The van der Waals surface area contributed by atoms with Crippen LogP contribution >= 0.6 is 11.3 Å². The van der Waals surface area contributed by atoms with E-state index in [2.05, 4.69) is 31.1 Å². The predicted molar refractivity (Wildman–Crippen MR) is 74.4 cm³/mol. The Kier molecular flexibility index (Phi) is 4.04. The topological polar surface area (TPSA) is 58.4 Å². The second kappa shape index (κ2) is 5.38. The summed E-state index contributed by atoms with van der Waals surface area (Å²) in [4.78, 5) is 15.9. The van der Waals surface area contributed by atoms with Gasteiger partial charge in [0.05, 0.1) is 4.88 Å². The zero-order valence-electron chi connectivity index (χ0n) is 11.2. The summed E-state index contributed by atoms with van der Waals surface area (Å²) in [5.74, 6) is 5.74. The normalized spacial score (nSPS) is 24.4. The van der Waals surface area contributed by atoms with Crippen LogP contribution in [0.3, 0.4) is 0 Å². The molecule has 1 aliphatic heterocycles. The summed E-state index contributed by atoms with van der Waals surface area (Å²) in [7, 11) is 0. The minimum atomic E-state index is -0.197. The van der Waals surface area contributed by atoms with Crippen molar-refractivity contribution in [1.82, 2.24) is 10.3 Å². The number of hydrogen-bond donors (Lipinski definition) is 2. The number of nitrogens with zero attached hydrogens (tertiary/aromatic N) is 1. The van der Waals surface area contributed by atoms with E-state index in [1.165, 1.54) is 28.2 Å². The van der Waals surface area contributed by atoms with Crippen molar-refractivity contribution in [2.75, 3.05) is 6.54 Å². The average Bonchev–Trinajstić information content (AvgIpc) is 2.83. The molecule has 0 bridgehead atoms. The number of amides is 1. The van der Waals surface area contributed by atoms with E-state index in [0.29, 0.717) is 10.9 Å². The molecule has 1 saturated heterocycles. The second-order valence-electron chi connectivity index (χ2n) is 5.28. The number of nitrogen functional groups attached to an aromatic ring is 1. The van der Waals surface area contributed by atoms with Crippen molar-refractivity contribution < 1.29 is 4.79 Å². The maximum absolute atomic E-state index is 11.5. The number of rotatable bonds is 3. The first-order valence-corrected chi connectivity index (χ1v) is 7.17. The van der Waals surface area contributed by atoms with Gasteiger partial charge in [-0.05, 0) is 37.8 Å². The summed E-state index contributed by atoms with van der Waals surface area (Å²) < 4.78 is 0. The number of nitrogens with two attached hydrogens (primary N) is 1. The summed E-state index contributed by atoms with van der Waals surface area (Å²) >= 11 is 1.51. The van der Waals surface area contributed by atoms with Crippen LogP contribution in [0.25, 0.3) is 0 Å². The van der Waals surface area contributed by atoms with E-state index in [1.807, 2.05) is 6.07 Å². The highest BCUT2D eigenvalue weighted by molar-refractivity contribution is 7.14. The molecule has 1 aromatic rings. The smallest absolute Gasteiger partial charge is 0.275 e. The second-order valence-corrected chi connectivity index (χ2v) is 6.54. The van der Waals surface area contributed by atoms with Gasteiger partial charge < -0.3 is 0 Å². The van der Waals surface area contributed by atoms with Crippen LogP contribution in [0.2, 0.25) is 0 Å². The monoisotopic (exact) mass is 267 g/mol. The third-order valence-corrected chi connectivity index (χ3v) is 4.75. The molecule has 1 aromatic heterocycles. The first kappa shape index (κ1) is 13.5. The molecule has 0 radical (unpaired) electrons. The summed E-state index contributed by atoms with van der Waals surface area (Å²) in [6, 6.07) is 2.60. The minimum absolute atomic E-state index is 0.197. The van der Waals surface area contributed by atoms with Gasteiger partial charge in [0.1, 0.15) is 0 Å². The number of likely N-dealkylation sites (tertiary alicyclic amines) is 1. The molecule has 1 amide bonds. The van der Waals surface area contributed by atoms with Crippen LogP contribution in [0, 0.1) is 12.8 Å². The molecule has 0 saturated carbocycles. The molecule has 100 valence electrons. The number of carbonyl (C=O) groups is 1. The maximum Gasteiger partial charge on any atom is 0.275 e. The fraction of sp³-hybridized carbons (Fsp3) is 0.615. The van der Waals surface area contributed by atoms with Crippen molar-refractivity contribution in [3.63, 3.8) is 0 Å². The fourth-order valence-electron chi connectivity index (χ4n) is 2.69. The zero-order chi connectivity index (χ0) is 13.3. The quantitative estimate of drug-likeness (QED) is 0.499. The summed E-state index contributed by atoms with van der Waals surface area (Å²) in [6.45, 7) is 8.72. The molecule has 2 rings (SSSR count). The van der Waals surface area contributed by atoms with Gasteiger partial charge in [-0.25, -0.2) is 5.84 Å². The van der Waals surface area contributed by atoms with Crippen molar-refractivity contribution in [3.8, 4) is 0 Å². The molecule has 5 heteroatoms. The third kappa shape index (κ3) is 2.74. The summed E-state index contributed by atoms with van der Waals surface area (Å²) in [6.07, 6.45) is 1.26. The van der Waals surface area contributed by atoms with Crippen LogP contribution < -0.4 is 11.3 Å². The van der Waals surface area contributed by atoms with Crippen molar-refractivity contribution >= 4 is 17.2 Å². The van der Waals surface area contributed by atoms with Gasteiger partial charge in [0.15, 0.2) is 0 Å². The van der Waals surface area contributed by atoms with Crippen LogP contribution in [0.15, 0.2) is 6.07 Å². The molecule has 0 aliphatic carbocycles. The fourth-order valence-corrected chi connectivity index (χ4v) is 3.62. The van der Waals surface area contributed by atoms with Crippen LogP contribution in [0.4, 0.5) is 0 Å². The van der Waals surface area contributed by atoms with Crippen LogP contribution in [-0.4, -0.2) is 23.4 Å². The Morgan fingerprint density at radius 1 is 1.61 bits per heavy atom. The SMILES string of the molecule is Cc1sc(C(=O)NN)cc1CN1CC(C)CC1C. The molecular formula is C13H21N3OS. The Bertz CT molecular complexity index is 443. The van der Waals surface area contributed by atoms with Crippen LogP contribution in [0.5, 0.6) is 0 Å². The standard InChI is InChI=1S/C13H21N3OS/c1-8-4-9(2)16(6-8)7-11-5-12(13(17)15-14)18-10(11)3/h5,8-9H,4,6-7,14H2,1-3H3,(H,15,17). The molecule has 0 spiro atoms. The van der Waals surface area contributed by atoms with Crippen molar-refractivity contribution in [2.45, 2.75) is 39.8 Å². The lowest BCUT2D eigenvalue weighted by atomic mass is 10.1. The molecule has 1 fully saturated rings. The lowest BCUT2D eigenvalue weighted by molar-refractivity contribution is 0.0957. The molecular weight excluding hydrogens is 246 g/mol. The van der Waals surface area contributed by atoms with Gasteiger partial charge in [-0.15, -0.1) is 11.3 Å². The van der Waals surface area contributed by atoms with E-state index < -0.39 is 0 Å². The molecule has 4 nitrogen and oxygen atoms in total. The molecule has 2 unspecified atom stereocenters. The predicted octanol–water partition coefficient (Wildman–Crippen LogP) is 1.89. The van der Waals surface area contributed by atoms with Gasteiger partial charge in [-0.1, -0.05) is 6.92 Å². The van der Waals surface area contributed by atoms with E-state index in [1.54, 1.807) is 0 Å². The summed E-state index contributed by atoms with van der Waals surface area (Å²) in [5.41, 5.74) is 3.44. The number of carbonyl (C=O) groups excluding carboxylic acids is 1. The largest absolute Gasteiger partial charge is 0.296 e. The molecule has 3 N–H and O–H groups in total. The van der Waals surface area contributed by atoms with E-state index in [4.69, 9.17) is 5.84 Å². The summed E-state index contributed by atoms with van der Waals surface area (Å²) in [5, 5.41) is 0. The molecule has 2 atom stereocenters. The zero-order valence-corrected chi connectivity index (χ0v) is 12.0. The number of aryl methyl sites for hydroxylation is 1. The van der Waals surface area contributed by atoms with E-state index in [0.717, 1.165) is 19.0 Å². The third-order valence-electron chi connectivity index (χ3n) is 3.66. The Morgan fingerprint density at radius 2 is 2.33 bits per heavy atom. The number of nitrogens with one attached hydrogen (secondary N) is 1. The lowest BCUT2D eigenvalue weighted by Gasteiger charge is -2.20. The number of thiophene rings is 1. The van der Waals surface area contributed by atoms with Gasteiger partial charge in [-0.2, -0.15) is 0 Å². The highest BCUT2D eigenvalue weighted by Crippen LogP contribution is 2.28. The molecule has 1 aliphatic rings. The highest BCUT2D eigenvalue weighted by Gasteiger charge is 2.26.